The number of nitrogens with two attached hydrogens (primary N) is 1. The number of carbonyl (C=O) groups excluding carboxylic acids is 7. The highest BCUT2D eigenvalue weighted by Crippen LogP contribution is 2.19. The van der Waals surface area contributed by atoms with Gasteiger partial charge < -0.3 is 37.4 Å². The van der Waals surface area contributed by atoms with Crippen molar-refractivity contribution in [2.45, 2.75) is 84.6 Å². The Morgan fingerprint density at radius 2 is 1.38 bits per heavy atom. The van der Waals surface area contributed by atoms with E-state index in [1.54, 1.807) is 26.0 Å². The molecule has 6 atom stereocenters. The van der Waals surface area contributed by atoms with Crippen molar-refractivity contribution >= 4 is 58.1 Å². The lowest BCUT2D eigenvalue weighted by molar-refractivity contribution is -0.134. The third-order valence-corrected chi connectivity index (χ3v) is 8.06. The van der Waals surface area contributed by atoms with Crippen LogP contribution in [-0.4, -0.2) is 81.9 Å². The molecule has 0 aliphatic carbocycles. The Kier molecular flexibility index (Phi) is 14.5. The lowest BCUT2D eigenvalue weighted by atomic mass is 9.98. The van der Waals surface area contributed by atoms with E-state index in [1.165, 1.54) is 46.0 Å². The minimum atomic E-state index is -1.06. The number of rotatable bonds is 18. The molecule has 1 heterocycles. The van der Waals surface area contributed by atoms with Crippen LogP contribution in [0.2, 0.25) is 0 Å². The smallest absolute Gasteiger partial charge is 0.243 e. The van der Waals surface area contributed by atoms with Gasteiger partial charge in [-0.05, 0) is 44.4 Å². The zero-order valence-electron chi connectivity index (χ0n) is 27.2. The molecule has 0 aliphatic rings. The summed E-state index contributed by atoms with van der Waals surface area (Å²) < 4.78 is 0. The molecule has 47 heavy (non-hydrogen) atoms. The number of hydrogen-bond acceptors (Lipinski definition) is 11. The molecule has 0 saturated heterocycles. The molecule has 0 saturated carbocycles. The summed E-state index contributed by atoms with van der Waals surface area (Å²) in [5.74, 6) is -4.58. The molecule has 0 bridgehead atoms. The Bertz CT molecular complexity index is 1450. The largest absolute Gasteiger partial charge is 0.508 e. The molecular weight excluding hydrogens is 630 g/mol. The number of thiazole rings is 1. The SMILES string of the molecule is CC(C)C(Nc1ncc(C=O)s1)C(=O)N[C@@H](C)C(=O)N[C@@H](C)C(=O)N[C@@H](C)C(=O)C[C@@H](C)C(=O)N[C@@H](Cc1ccc(O)cc1)C(N)=O. The van der Waals surface area contributed by atoms with Crippen molar-refractivity contribution in [1.82, 2.24) is 26.3 Å². The first-order valence-corrected chi connectivity index (χ1v) is 15.8. The fourth-order valence-corrected chi connectivity index (χ4v) is 4.91. The average molecular weight is 674 g/mol. The molecule has 1 unspecified atom stereocenters. The number of phenolic OH excluding ortho intramolecular Hbond substituents is 1. The number of aromatic nitrogens is 1. The van der Waals surface area contributed by atoms with Gasteiger partial charge in [0, 0.05) is 18.8 Å². The Morgan fingerprint density at radius 3 is 1.89 bits per heavy atom. The number of hydrogen-bond donors (Lipinski definition) is 7. The molecule has 16 heteroatoms. The van der Waals surface area contributed by atoms with Crippen LogP contribution >= 0.6 is 11.3 Å². The highest BCUT2D eigenvalue weighted by molar-refractivity contribution is 7.17. The molecule has 2 rings (SSSR count). The van der Waals surface area contributed by atoms with Gasteiger partial charge in [-0.2, -0.15) is 0 Å². The summed E-state index contributed by atoms with van der Waals surface area (Å²) in [4.78, 5) is 91.3. The van der Waals surface area contributed by atoms with Crippen molar-refractivity contribution in [1.29, 1.82) is 0 Å². The van der Waals surface area contributed by atoms with Gasteiger partial charge in [-0.3, -0.25) is 33.6 Å². The molecule has 0 spiro atoms. The molecule has 1 aromatic heterocycles. The van der Waals surface area contributed by atoms with Crippen LogP contribution in [0, 0.1) is 11.8 Å². The number of nitrogens with one attached hydrogen (secondary N) is 5. The van der Waals surface area contributed by atoms with Crippen LogP contribution in [0.15, 0.2) is 30.5 Å². The van der Waals surface area contributed by atoms with E-state index in [4.69, 9.17) is 5.73 Å². The average Bonchev–Trinajstić information content (AvgIpc) is 3.47. The van der Waals surface area contributed by atoms with E-state index in [-0.39, 0.29) is 24.5 Å². The van der Waals surface area contributed by atoms with Crippen molar-refractivity contribution in [3.05, 3.63) is 40.9 Å². The molecule has 15 nitrogen and oxygen atoms in total. The van der Waals surface area contributed by atoms with Crippen molar-refractivity contribution in [3.63, 3.8) is 0 Å². The quantitative estimate of drug-likeness (QED) is 0.108. The maximum Gasteiger partial charge on any atom is 0.243 e. The third-order valence-electron chi connectivity index (χ3n) is 7.20. The first-order valence-electron chi connectivity index (χ1n) is 15.0. The molecule has 0 aliphatic heterocycles. The van der Waals surface area contributed by atoms with E-state index < -0.39 is 71.4 Å². The van der Waals surface area contributed by atoms with Gasteiger partial charge in [0.25, 0.3) is 0 Å². The number of aromatic hydroxyl groups is 1. The zero-order chi connectivity index (χ0) is 35.4. The summed E-state index contributed by atoms with van der Waals surface area (Å²) in [5.41, 5.74) is 6.10. The molecule has 0 radical (unpaired) electrons. The number of nitrogens with zero attached hydrogens (tertiary/aromatic N) is 1. The van der Waals surface area contributed by atoms with Crippen molar-refractivity contribution in [2.24, 2.45) is 17.6 Å². The van der Waals surface area contributed by atoms with Crippen LogP contribution in [0.5, 0.6) is 5.75 Å². The number of primary amides is 1. The van der Waals surface area contributed by atoms with Gasteiger partial charge in [0.2, 0.25) is 29.5 Å². The van der Waals surface area contributed by atoms with E-state index in [0.717, 1.165) is 11.3 Å². The minimum Gasteiger partial charge on any atom is -0.508 e. The van der Waals surface area contributed by atoms with Gasteiger partial charge in [-0.25, -0.2) is 4.98 Å². The lowest BCUT2D eigenvalue weighted by Crippen LogP contribution is -2.55. The van der Waals surface area contributed by atoms with Gasteiger partial charge in [-0.1, -0.05) is 44.2 Å². The van der Waals surface area contributed by atoms with Crippen molar-refractivity contribution < 1.29 is 38.7 Å². The van der Waals surface area contributed by atoms with Crippen molar-refractivity contribution in [3.8, 4) is 5.75 Å². The fourth-order valence-electron chi connectivity index (χ4n) is 4.24. The predicted octanol–water partition coefficient (Wildman–Crippen LogP) is 0.420. The lowest BCUT2D eigenvalue weighted by Gasteiger charge is -2.24. The first kappa shape index (κ1) is 38.3. The van der Waals surface area contributed by atoms with E-state index >= 15 is 0 Å². The van der Waals surface area contributed by atoms with Crippen LogP contribution in [0.1, 0.15) is 63.2 Å². The number of anilines is 1. The van der Waals surface area contributed by atoms with Crippen LogP contribution in [-0.2, 0) is 35.2 Å². The monoisotopic (exact) mass is 673 g/mol. The fraction of sp³-hybridized carbons (Fsp3) is 0.484. The Morgan fingerprint density at radius 1 is 0.830 bits per heavy atom. The number of amides is 5. The Hall–Kier alpha value is -4.86. The third kappa shape index (κ3) is 12.1. The summed E-state index contributed by atoms with van der Waals surface area (Å²) in [5, 5.41) is 22.9. The molecule has 256 valence electrons. The minimum absolute atomic E-state index is 0.0467. The number of carbonyl (C=O) groups is 7. The molecular formula is C31H43N7O8S. The maximum absolute atomic E-state index is 12.9. The standard InChI is InChI=1S/C31H43N7O8S/c1-15(2)25(38-31-33-13-22(14-39)47-31)30(46)36-19(6)29(45)35-18(5)28(44)34-17(4)24(41)11-16(3)27(43)37-23(26(32)42)12-20-7-9-21(40)10-8-20/h7-10,13-19,23,25,40H,11-12H2,1-6H3,(H2,32,42)(H,33,38)(H,34,44)(H,35,45)(H,36,46)(H,37,43)/t16-,17+,18+,19+,23+,25?/m1/s1. The normalized spacial score (nSPS) is 14.8. The van der Waals surface area contributed by atoms with Crippen LogP contribution in [0.3, 0.4) is 0 Å². The Balaban J connectivity index is 1.85. The topological polar surface area (TPSA) is 239 Å². The molecule has 1 aromatic carbocycles. The highest BCUT2D eigenvalue weighted by atomic mass is 32.1. The number of benzene rings is 1. The van der Waals surface area contributed by atoms with E-state index in [2.05, 4.69) is 31.6 Å². The number of Topliss-reactive ketones (excluding diaryl/α,β-unsaturated/α-hetero) is 1. The molecule has 2 aromatic rings. The number of phenols is 1. The number of aldehydes is 1. The second-order valence-electron chi connectivity index (χ2n) is 11.6. The van der Waals surface area contributed by atoms with Gasteiger partial charge in [0.15, 0.2) is 17.2 Å². The number of ketones is 1. The van der Waals surface area contributed by atoms with Crippen LogP contribution in [0.4, 0.5) is 5.13 Å². The summed E-state index contributed by atoms with van der Waals surface area (Å²) in [7, 11) is 0. The van der Waals surface area contributed by atoms with Crippen LogP contribution in [0.25, 0.3) is 0 Å². The van der Waals surface area contributed by atoms with Gasteiger partial charge >= 0.3 is 0 Å². The molecule has 5 amide bonds. The first-order chi connectivity index (χ1) is 22.0. The second kappa shape index (κ2) is 17.7. The Labute approximate surface area is 276 Å². The van der Waals surface area contributed by atoms with Crippen molar-refractivity contribution in [2.75, 3.05) is 5.32 Å². The maximum atomic E-state index is 12.9. The van der Waals surface area contributed by atoms with Gasteiger partial charge in [0.1, 0.15) is 29.9 Å². The second-order valence-corrected chi connectivity index (χ2v) is 12.7. The summed E-state index contributed by atoms with van der Waals surface area (Å²) >= 11 is 1.09. The van der Waals surface area contributed by atoms with Gasteiger partial charge in [-0.15, -0.1) is 0 Å². The highest BCUT2D eigenvalue weighted by Gasteiger charge is 2.29. The van der Waals surface area contributed by atoms with Gasteiger partial charge in [0.05, 0.1) is 17.1 Å². The molecule has 8 N–H and O–H groups in total. The summed E-state index contributed by atoms with van der Waals surface area (Å²) in [6.07, 6.45) is 1.88. The predicted molar refractivity (Wildman–Crippen MR) is 174 cm³/mol. The summed E-state index contributed by atoms with van der Waals surface area (Å²) in [6.45, 7) is 9.41. The zero-order valence-corrected chi connectivity index (χ0v) is 28.0. The van der Waals surface area contributed by atoms with E-state index in [9.17, 15) is 38.7 Å². The van der Waals surface area contributed by atoms with E-state index in [1.807, 2.05) is 0 Å². The van der Waals surface area contributed by atoms with Crippen LogP contribution < -0.4 is 32.3 Å². The van der Waals surface area contributed by atoms with E-state index in [0.29, 0.717) is 21.9 Å². The molecule has 0 fully saturated rings. The summed E-state index contributed by atoms with van der Waals surface area (Å²) in [6, 6.07) is 1.19.